The fourth-order valence-electron chi connectivity index (χ4n) is 3.64. The summed E-state index contributed by atoms with van der Waals surface area (Å²) >= 11 is 1.65. The average Bonchev–Trinajstić information content (AvgIpc) is 3.26. The van der Waals surface area contributed by atoms with Gasteiger partial charge in [-0.3, -0.25) is 0 Å². The van der Waals surface area contributed by atoms with Crippen molar-refractivity contribution in [3.05, 3.63) is 76.0 Å². The van der Waals surface area contributed by atoms with E-state index in [1.165, 1.54) is 5.56 Å². The Morgan fingerprint density at radius 2 is 1.82 bits per heavy atom. The van der Waals surface area contributed by atoms with Gasteiger partial charge < -0.3 is 19.7 Å². The monoisotopic (exact) mass is 394 g/mol. The summed E-state index contributed by atoms with van der Waals surface area (Å²) < 4.78 is 11.0. The number of nitrogens with zero attached hydrogens (tertiary/aromatic N) is 1. The number of carbonyl (C=O) groups is 1. The molecular weight excluding hydrogens is 372 g/mol. The van der Waals surface area contributed by atoms with Gasteiger partial charge in [0.15, 0.2) is 11.5 Å². The minimum absolute atomic E-state index is 0.106. The molecule has 3 aromatic rings. The maximum absolute atomic E-state index is 13.1. The molecule has 2 amide bonds. The number of anilines is 1. The number of hydrogen-bond acceptors (Lipinski definition) is 4. The fourth-order valence-corrected chi connectivity index (χ4v) is 4.49. The summed E-state index contributed by atoms with van der Waals surface area (Å²) in [5.41, 5.74) is 3.05. The van der Waals surface area contributed by atoms with Gasteiger partial charge in [-0.05, 0) is 53.3 Å². The molecule has 1 atom stereocenters. The second-order valence-corrected chi connectivity index (χ2v) is 7.54. The van der Waals surface area contributed by atoms with Crippen LogP contribution in [0, 0.1) is 0 Å². The lowest BCUT2D eigenvalue weighted by atomic mass is 9.91. The molecule has 2 aromatic carbocycles. The van der Waals surface area contributed by atoms with Crippen LogP contribution in [0.5, 0.6) is 11.5 Å². The molecule has 2 heterocycles. The molecule has 6 heteroatoms. The van der Waals surface area contributed by atoms with Crippen LogP contribution in [0.25, 0.3) is 0 Å². The second-order valence-electron chi connectivity index (χ2n) is 6.56. The van der Waals surface area contributed by atoms with E-state index in [4.69, 9.17) is 9.47 Å². The Kier molecular flexibility index (Phi) is 5.21. The second kappa shape index (κ2) is 7.94. The SMILES string of the molecule is COc1cc2c(cc1OC)[C@H](c1cccs1)N(C(=O)Nc1ccccc1)CC2. The highest BCUT2D eigenvalue weighted by Crippen LogP contribution is 2.42. The first-order valence-corrected chi connectivity index (χ1v) is 10.00. The Balaban J connectivity index is 1.73. The first-order chi connectivity index (χ1) is 13.7. The number of fused-ring (bicyclic) bond motifs is 1. The Hall–Kier alpha value is -2.99. The molecule has 0 spiro atoms. The third kappa shape index (κ3) is 3.43. The van der Waals surface area contributed by atoms with Gasteiger partial charge in [0.25, 0.3) is 0 Å². The van der Waals surface area contributed by atoms with Crippen molar-refractivity contribution in [2.75, 3.05) is 26.1 Å². The summed E-state index contributed by atoms with van der Waals surface area (Å²) in [6.45, 7) is 0.629. The Morgan fingerprint density at radius 1 is 1.07 bits per heavy atom. The minimum Gasteiger partial charge on any atom is -0.493 e. The lowest BCUT2D eigenvalue weighted by Gasteiger charge is -2.37. The lowest BCUT2D eigenvalue weighted by molar-refractivity contribution is 0.194. The zero-order valence-corrected chi connectivity index (χ0v) is 16.7. The van der Waals surface area contributed by atoms with Gasteiger partial charge in [0.1, 0.15) is 0 Å². The molecule has 5 nitrogen and oxygen atoms in total. The Bertz CT molecular complexity index is 957. The van der Waals surface area contributed by atoms with Crippen molar-refractivity contribution in [3.8, 4) is 11.5 Å². The highest BCUT2D eigenvalue weighted by atomic mass is 32.1. The van der Waals surface area contributed by atoms with Crippen LogP contribution in [0.3, 0.4) is 0 Å². The summed E-state index contributed by atoms with van der Waals surface area (Å²) in [5.74, 6) is 1.39. The van der Waals surface area contributed by atoms with E-state index < -0.39 is 0 Å². The largest absolute Gasteiger partial charge is 0.493 e. The molecule has 0 radical (unpaired) electrons. The third-order valence-electron chi connectivity index (χ3n) is 4.97. The fraction of sp³-hybridized carbons (Fsp3) is 0.227. The standard InChI is InChI=1S/C22H22N2O3S/c1-26-18-13-15-10-11-24(22(25)23-16-7-4-3-5-8-16)21(20-9-6-12-28-20)17(15)14-19(18)27-2/h3-9,12-14,21H,10-11H2,1-2H3,(H,23,25)/t21-/m1/s1. The van der Waals surface area contributed by atoms with Gasteiger partial charge in [-0.2, -0.15) is 0 Å². The smallest absolute Gasteiger partial charge is 0.322 e. The summed E-state index contributed by atoms with van der Waals surface area (Å²) in [6, 6.07) is 17.4. The molecule has 0 saturated carbocycles. The van der Waals surface area contributed by atoms with Crippen molar-refractivity contribution in [1.82, 2.24) is 4.90 Å². The van der Waals surface area contributed by atoms with Crippen LogP contribution in [-0.4, -0.2) is 31.7 Å². The number of urea groups is 1. The Labute approximate surface area is 168 Å². The van der Waals surface area contributed by atoms with Crippen LogP contribution >= 0.6 is 11.3 Å². The van der Waals surface area contributed by atoms with Gasteiger partial charge in [-0.1, -0.05) is 24.3 Å². The minimum atomic E-state index is -0.160. The van der Waals surface area contributed by atoms with Gasteiger partial charge in [0.2, 0.25) is 0 Å². The molecule has 1 aliphatic heterocycles. The number of rotatable bonds is 4. The number of amides is 2. The molecule has 144 valence electrons. The van der Waals surface area contributed by atoms with Gasteiger partial charge in [-0.15, -0.1) is 11.3 Å². The number of ether oxygens (including phenoxy) is 2. The van der Waals surface area contributed by atoms with Crippen molar-refractivity contribution in [3.63, 3.8) is 0 Å². The van der Waals surface area contributed by atoms with E-state index >= 15 is 0 Å². The molecule has 1 aromatic heterocycles. The summed E-state index contributed by atoms with van der Waals surface area (Å²) in [6.07, 6.45) is 0.764. The predicted molar refractivity (Wildman–Crippen MR) is 112 cm³/mol. The molecule has 0 saturated heterocycles. The first kappa shape index (κ1) is 18.4. The number of hydrogen-bond donors (Lipinski definition) is 1. The number of methoxy groups -OCH3 is 2. The zero-order chi connectivity index (χ0) is 19.5. The van der Waals surface area contributed by atoms with Gasteiger partial charge in [-0.25, -0.2) is 4.79 Å². The quantitative estimate of drug-likeness (QED) is 0.682. The predicted octanol–water partition coefficient (Wildman–Crippen LogP) is 4.94. The summed E-state index contributed by atoms with van der Waals surface area (Å²) in [5, 5.41) is 5.06. The van der Waals surface area contributed by atoms with Crippen molar-refractivity contribution < 1.29 is 14.3 Å². The molecule has 1 N–H and O–H groups in total. The highest BCUT2D eigenvalue weighted by molar-refractivity contribution is 7.10. The van der Waals surface area contributed by atoms with E-state index in [0.29, 0.717) is 18.0 Å². The molecule has 0 bridgehead atoms. The summed E-state index contributed by atoms with van der Waals surface area (Å²) in [7, 11) is 3.27. The van der Waals surface area contributed by atoms with Crippen molar-refractivity contribution >= 4 is 23.1 Å². The van der Waals surface area contributed by atoms with E-state index in [9.17, 15) is 4.79 Å². The highest BCUT2D eigenvalue weighted by Gasteiger charge is 2.34. The van der Waals surface area contributed by atoms with Crippen molar-refractivity contribution in [2.24, 2.45) is 0 Å². The number of benzene rings is 2. The average molecular weight is 394 g/mol. The normalized spacial score (nSPS) is 15.6. The van der Waals surface area contributed by atoms with Crippen LogP contribution in [-0.2, 0) is 6.42 Å². The van der Waals surface area contributed by atoms with Gasteiger partial charge in [0, 0.05) is 17.1 Å². The van der Waals surface area contributed by atoms with E-state index in [1.807, 2.05) is 58.8 Å². The maximum atomic E-state index is 13.1. The van der Waals surface area contributed by atoms with E-state index in [0.717, 1.165) is 22.5 Å². The number of carbonyl (C=O) groups excluding carboxylic acids is 1. The zero-order valence-electron chi connectivity index (χ0n) is 15.8. The number of nitrogens with one attached hydrogen (secondary N) is 1. The maximum Gasteiger partial charge on any atom is 0.322 e. The van der Waals surface area contributed by atoms with Crippen LogP contribution in [0.2, 0.25) is 0 Å². The topological polar surface area (TPSA) is 50.8 Å². The molecule has 0 fully saturated rings. The molecule has 1 aliphatic rings. The van der Waals surface area contributed by atoms with Crippen molar-refractivity contribution in [2.45, 2.75) is 12.5 Å². The van der Waals surface area contributed by atoms with E-state index in [2.05, 4.69) is 11.4 Å². The molecule has 4 rings (SSSR count). The lowest BCUT2D eigenvalue weighted by Crippen LogP contribution is -2.42. The molecular formula is C22H22N2O3S. The molecule has 28 heavy (non-hydrogen) atoms. The summed E-state index contributed by atoms with van der Waals surface area (Å²) in [4.78, 5) is 16.1. The van der Waals surface area contributed by atoms with Crippen LogP contribution in [0.4, 0.5) is 10.5 Å². The van der Waals surface area contributed by atoms with Crippen LogP contribution in [0.1, 0.15) is 22.0 Å². The molecule has 0 unspecified atom stereocenters. The van der Waals surface area contributed by atoms with Crippen LogP contribution < -0.4 is 14.8 Å². The van der Waals surface area contributed by atoms with E-state index in [-0.39, 0.29) is 12.1 Å². The number of thiophene rings is 1. The first-order valence-electron chi connectivity index (χ1n) is 9.12. The van der Waals surface area contributed by atoms with Gasteiger partial charge >= 0.3 is 6.03 Å². The number of para-hydroxylation sites is 1. The van der Waals surface area contributed by atoms with Crippen LogP contribution in [0.15, 0.2) is 60.0 Å². The van der Waals surface area contributed by atoms with E-state index in [1.54, 1.807) is 25.6 Å². The molecule has 0 aliphatic carbocycles. The third-order valence-corrected chi connectivity index (χ3v) is 5.90. The van der Waals surface area contributed by atoms with Crippen molar-refractivity contribution in [1.29, 1.82) is 0 Å². The van der Waals surface area contributed by atoms with Gasteiger partial charge in [0.05, 0.1) is 20.3 Å². The Morgan fingerprint density at radius 3 is 2.50 bits per heavy atom.